The second kappa shape index (κ2) is 33.1. The average molecular weight is 709 g/mol. The normalized spacial score (nSPS) is 14.8. The first-order valence-electron chi connectivity index (χ1n) is 18.7. The van der Waals surface area contributed by atoms with E-state index in [4.69, 9.17) is 18.5 Å². The van der Waals surface area contributed by atoms with Gasteiger partial charge in [0.2, 0.25) is 0 Å². The Balaban J connectivity index is 4.46. The van der Waals surface area contributed by atoms with Gasteiger partial charge in [-0.25, -0.2) is 4.57 Å². The van der Waals surface area contributed by atoms with Crippen molar-refractivity contribution in [3.8, 4) is 0 Å². The molecular weight excluding hydrogens is 637 g/mol. The van der Waals surface area contributed by atoms with Gasteiger partial charge < -0.3 is 18.9 Å². The summed E-state index contributed by atoms with van der Waals surface area (Å²) in [5, 5.41) is 0. The molecule has 0 amide bonds. The summed E-state index contributed by atoms with van der Waals surface area (Å²) in [5.74, 6) is -0.402. The zero-order valence-corrected chi connectivity index (χ0v) is 32.5. The van der Waals surface area contributed by atoms with Crippen molar-refractivity contribution in [3.05, 3.63) is 72.9 Å². The highest BCUT2D eigenvalue weighted by Crippen LogP contribution is 2.43. The van der Waals surface area contributed by atoms with Crippen LogP contribution in [0.1, 0.15) is 117 Å². The molecule has 0 aromatic rings. The van der Waals surface area contributed by atoms with E-state index >= 15 is 0 Å². The molecule has 0 rings (SSSR count). The molecule has 9 heteroatoms. The number of rotatable bonds is 33. The summed E-state index contributed by atoms with van der Waals surface area (Å²) in [5.41, 5.74) is 0. The van der Waals surface area contributed by atoms with Gasteiger partial charge in [0.25, 0.3) is 0 Å². The average Bonchev–Trinajstić information content (AvgIpc) is 3.04. The van der Waals surface area contributed by atoms with Crippen LogP contribution in [0, 0.1) is 0 Å². The number of allylic oxidation sites excluding steroid dienone is 12. The molecule has 282 valence electrons. The van der Waals surface area contributed by atoms with Crippen LogP contribution in [0.5, 0.6) is 0 Å². The number of ether oxygens (including phenoxy) is 2. The van der Waals surface area contributed by atoms with Crippen LogP contribution in [0.4, 0.5) is 0 Å². The van der Waals surface area contributed by atoms with E-state index in [1.165, 1.54) is 25.7 Å². The molecular formula is C40H71NO7P+. The van der Waals surface area contributed by atoms with Crippen LogP contribution in [0.25, 0.3) is 0 Å². The van der Waals surface area contributed by atoms with Crippen molar-refractivity contribution in [1.29, 1.82) is 0 Å². The van der Waals surface area contributed by atoms with E-state index in [2.05, 4.69) is 74.6 Å². The second-order valence-electron chi connectivity index (χ2n) is 13.2. The Hall–Kier alpha value is -2.06. The molecule has 0 aliphatic rings. The summed E-state index contributed by atoms with van der Waals surface area (Å²) in [6, 6.07) is 0. The number of quaternary nitrogens is 1. The monoisotopic (exact) mass is 708 g/mol. The predicted molar refractivity (Wildman–Crippen MR) is 205 cm³/mol. The molecule has 0 saturated heterocycles. The molecule has 2 unspecified atom stereocenters. The summed E-state index contributed by atoms with van der Waals surface area (Å²) < 4.78 is 34.7. The molecule has 0 aromatic heterocycles. The molecule has 0 spiro atoms. The standard InChI is InChI=1S/C40H70NO7P/c1-6-8-10-12-14-16-18-20-22-24-26-28-30-32-35-45-37-39(38-47-49(43,44)46-36-34-41(3,4)5)48-40(42)33-31-29-27-25-23-21-19-17-15-13-11-9-7-2/h9-12,15-18,21,23,27,29,39H,6-8,13-14,19-20,22,24-26,28,30-38H2,1-5H3/p+1/b11-9-,12-10-,17-15-,18-16-,23-21-,29-27-. The molecule has 1 N–H and O–H groups in total. The minimum Gasteiger partial charge on any atom is -0.457 e. The third kappa shape index (κ3) is 37.0. The Morgan fingerprint density at radius 3 is 1.78 bits per heavy atom. The third-order valence-electron chi connectivity index (χ3n) is 7.25. The second-order valence-corrected chi connectivity index (χ2v) is 14.7. The summed E-state index contributed by atoms with van der Waals surface area (Å²) in [6.45, 7) is 5.28. The quantitative estimate of drug-likeness (QED) is 0.0239. The van der Waals surface area contributed by atoms with Gasteiger partial charge in [0, 0.05) is 13.0 Å². The van der Waals surface area contributed by atoms with E-state index in [1.54, 1.807) is 0 Å². The number of nitrogens with zero attached hydrogens (tertiary/aromatic N) is 1. The minimum absolute atomic E-state index is 0.0700. The molecule has 0 radical (unpaired) electrons. The van der Waals surface area contributed by atoms with E-state index in [0.29, 0.717) is 24.1 Å². The summed E-state index contributed by atoms with van der Waals surface area (Å²) in [6.07, 6.45) is 40.9. The molecule has 0 heterocycles. The van der Waals surface area contributed by atoms with Gasteiger partial charge in [-0.05, 0) is 64.2 Å². The van der Waals surface area contributed by atoms with Crippen LogP contribution in [0.15, 0.2) is 72.9 Å². The van der Waals surface area contributed by atoms with Gasteiger partial charge in [-0.15, -0.1) is 0 Å². The number of unbranched alkanes of at least 4 members (excludes halogenated alkanes) is 7. The molecule has 0 aliphatic carbocycles. The first-order valence-corrected chi connectivity index (χ1v) is 20.2. The van der Waals surface area contributed by atoms with Gasteiger partial charge >= 0.3 is 13.8 Å². The maximum Gasteiger partial charge on any atom is 0.472 e. The van der Waals surface area contributed by atoms with E-state index in [1.807, 2.05) is 33.3 Å². The van der Waals surface area contributed by atoms with E-state index < -0.39 is 19.9 Å². The molecule has 49 heavy (non-hydrogen) atoms. The first kappa shape index (κ1) is 46.9. The van der Waals surface area contributed by atoms with Crippen LogP contribution < -0.4 is 0 Å². The fourth-order valence-corrected chi connectivity index (χ4v) is 5.11. The van der Waals surface area contributed by atoms with Gasteiger partial charge in [0.05, 0.1) is 34.4 Å². The topological polar surface area (TPSA) is 91.3 Å². The van der Waals surface area contributed by atoms with E-state index in [-0.39, 0.29) is 26.2 Å². The van der Waals surface area contributed by atoms with Crippen molar-refractivity contribution in [1.82, 2.24) is 0 Å². The fraction of sp³-hybridized carbons (Fsp3) is 0.675. The largest absolute Gasteiger partial charge is 0.472 e. The fourth-order valence-electron chi connectivity index (χ4n) is 4.37. The SMILES string of the molecule is CC/C=C\C/C=C\C/C=C\C/C=C\CCC(=O)OC(COCCCCCCCC/C=C\C/C=C\CCC)COP(=O)(O)OCC[N+](C)(C)C. The number of phosphoric acid groups is 1. The Morgan fingerprint density at radius 1 is 0.653 bits per heavy atom. The number of hydrogen-bond donors (Lipinski definition) is 1. The van der Waals surface area contributed by atoms with Crippen molar-refractivity contribution < 1.29 is 37.3 Å². The van der Waals surface area contributed by atoms with Crippen LogP contribution in [0.2, 0.25) is 0 Å². The Kier molecular flexibility index (Phi) is 31.7. The lowest BCUT2D eigenvalue weighted by atomic mass is 10.1. The summed E-state index contributed by atoms with van der Waals surface area (Å²) >= 11 is 0. The smallest absolute Gasteiger partial charge is 0.457 e. The van der Waals surface area contributed by atoms with Gasteiger partial charge in [0.15, 0.2) is 0 Å². The van der Waals surface area contributed by atoms with Crippen LogP contribution in [-0.4, -0.2) is 75.6 Å². The van der Waals surface area contributed by atoms with E-state index in [0.717, 1.165) is 64.2 Å². The van der Waals surface area contributed by atoms with Gasteiger partial charge in [-0.1, -0.05) is 119 Å². The Morgan fingerprint density at radius 2 is 1.18 bits per heavy atom. The van der Waals surface area contributed by atoms with Crippen LogP contribution >= 0.6 is 7.82 Å². The molecule has 2 atom stereocenters. The summed E-state index contributed by atoms with van der Waals surface area (Å²) in [7, 11) is 1.60. The van der Waals surface area contributed by atoms with Gasteiger partial charge in [-0.3, -0.25) is 13.8 Å². The zero-order chi connectivity index (χ0) is 36.3. The Labute approximate surface area is 300 Å². The maximum atomic E-state index is 12.6. The molecule has 8 nitrogen and oxygen atoms in total. The lowest BCUT2D eigenvalue weighted by molar-refractivity contribution is -0.870. The van der Waals surface area contributed by atoms with Crippen LogP contribution in [-0.2, 0) is 27.9 Å². The van der Waals surface area contributed by atoms with Crippen LogP contribution in [0.3, 0.4) is 0 Å². The lowest BCUT2D eigenvalue weighted by Gasteiger charge is -2.24. The highest BCUT2D eigenvalue weighted by atomic mass is 31.2. The van der Waals surface area contributed by atoms with Gasteiger partial charge in [-0.2, -0.15) is 0 Å². The highest BCUT2D eigenvalue weighted by Gasteiger charge is 2.26. The van der Waals surface area contributed by atoms with E-state index in [9.17, 15) is 14.3 Å². The zero-order valence-electron chi connectivity index (χ0n) is 31.6. The minimum atomic E-state index is -4.29. The van der Waals surface area contributed by atoms with Crippen molar-refractivity contribution >= 4 is 13.8 Å². The molecule has 0 fully saturated rings. The molecule has 0 aliphatic heterocycles. The third-order valence-corrected chi connectivity index (χ3v) is 8.23. The lowest BCUT2D eigenvalue weighted by Crippen LogP contribution is -2.37. The number of esters is 1. The number of carbonyl (C=O) groups is 1. The van der Waals surface area contributed by atoms with Crippen molar-refractivity contribution in [2.75, 3.05) is 54.1 Å². The molecule has 0 bridgehead atoms. The van der Waals surface area contributed by atoms with Gasteiger partial charge in [0.1, 0.15) is 19.3 Å². The number of hydrogen-bond acceptors (Lipinski definition) is 6. The maximum absolute atomic E-state index is 12.6. The Bertz CT molecular complexity index is 1010. The molecule has 0 saturated carbocycles. The first-order chi connectivity index (χ1) is 23.6. The molecule has 0 aromatic carbocycles. The number of carbonyl (C=O) groups excluding carboxylic acids is 1. The van der Waals surface area contributed by atoms with Crippen molar-refractivity contribution in [3.63, 3.8) is 0 Å². The number of likely N-dealkylation sites (N-methyl/N-ethyl adjacent to an activating group) is 1. The number of phosphoric ester groups is 1. The van der Waals surface area contributed by atoms with Crippen molar-refractivity contribution in [2.45, 2.75) is 123 Å². The summed E-state index contributed by atoms with van der Waals surface area (Å²) in [4.78, 5) is 22.7. The highest BCUT2D eigenvalue weighted by molar-refractivity contribution is 7.47. The van der Waals surface area contributed by atoms with Crippen molar-refractivity contribution in [2.24, 2.45) is 0 Å². The predicted octanol–water partition coefficient (Wildman–Crippen LogP) is 10.4.